The molecular formula is C30H42N6O2. The zero-order chi connectivity index (χ0) is 27.2. The molecule has 2 aromatic carbocycles. The number of anilines is 4. The van der Waals surface area contributed by atoms with Gasteiger partial charge in [-0.15, -0.1) is 0 Å². The van der Waals surface area contributed by atoms with E-state index in [-0.39, 0.29) is 23.9 Å². The third-order valence-electron chi connectivity index (χ3n) is 8.94. The molecule has 2 aliphatic carbocycles. The van der Waals surface area contributed by atoms with Gasteiger partial charge in [0.15, 0.2) is 0 Å². The number of nitrogens with zero attached hydrogens (tertiary/aromatic N) is 2. The van der Waals surface area contributed by atoms with Crippen LogP contribution in [-0.2, 0) is 9.59 Å². The summed E-state index contributed by atoms with van der Waals surface area (Å²) >= 11 is 0. The Morgan fingerprint density at radius 1 is 0.737 bits per heavy atom. The van der Waals surface area contributed by atoms with Crippen molar-refractivity contribution in [3.63, 3.8) is 0 Å². The standard InChI is InChI=1S/2C15H21N3O/c1-10-3-4-12(11(16)7-10)17-14(19)13-8-15(5-6-15)9-18(13)2;1-10-3-4-11(16)12(7-10)17-14(19)13-8-15(5-6-15)9-18(13)2/h2*3-4,7,13H,5-6,8-9,16H2,1-2H3,(H,17,19)/t2*13-/m00/s1. The number of nitrogens with two attached hydrogens (primary N) is 2. The third-order valence-corrected chi connectivity index (χ3v) is 8.94. The van der Waals surface area contributed by atoms with Crippen LogP contribution in [0.4, 0.5) is 22.7 Å². The Kier molecular flexibility index (Phi) is 6.90. The van der Waals surface area contributed by atoms with Gasteiger partial charge in [-0.25, -0.2) is 0 Å². The second kappa shape index (κ2) is 9.89. The first kappa shape index (κ1) is 26.5. The second-order valence-corrected chi connectivity index (χ2v) is 12.4. The highest BCUT2D eigenvalue weighted by Crippen LogP contribution is 2.55. The fourth-order valence-corrected chi connectivity index (χ4v) is 6.21. The Bertz CT molecular complexity index is 1240. The van der Waals surface area contributed by atoms with Crippen LogP contribution in [0.3, 0.4) is 0 Å². The lowest BCUT2D eigenvalue weighted by Crippen LogP contribution is -2.37. The number of likely N-dealkylation sites (tertiary alicyclic amines) is 2. The summed E-state index contributed by atoms with van der Waals surface area (Å²) in [5.74, 6) is 0.144. The van der Waals surface area contributed by atoms with E-state index in [9.17, 15) is 9.59 Å². The van der Waals surface area contributed by atoms with Gasteiger partial charge >= 0.3 is 0 Å². The largest absolute Gasteiger partial charge is 0.397 e. The average molecular weight is 519 g/mol. The topological polar surface area (TPSA) is 117 Å². The number of carbonyl (C=O) groups is 2. The van der Waals surface area contributed by atoms with Crippen molar-refractivity contribution in [2.75, 3.05) is 49.3 Å². The molecule has 2 saturated heterocycles. The van der Waals surface area contributed by atoms with E-state index in [1.807, 2.05) is 64.3 Å². The molecule has 0 bridgehead atoms. The number of carbonyl (C=O) groups excluding carboxylic acids is 2. The van der Waals surface area contributed by atoms with E-state index in [2.05, 4.69) is 20.4 Å². The van der Waals surface area contributed by atoms with Crippen LogP contribution in [0.15, 0.2) is 36.4 Å². The number of hydrogen-bond donors (Lipinski definition) is 4. The van der Waals surface area contributed by atoms with Crippen LogP contribution >= 0.6 is 0 Å². The summed E-state index contributed by atoms with van der Waals surface area (Å²) in [6.45, 7) is 6.09. The van der Waals surface area contributed by atoms with Gasteiger partial charge in [0.05, 0.1) is 34.8 Å². The predicted molar refractivity (Wildman–Crippen MR) is 154 cm³/mol. The van der Waals surface area contributed by atoms with Gasteiger partial charge in [-0.05, 0) is 113 Å². The van der Waals surface area contributed by atoms with Crippen LogP contribution in [0.2, 0.25) is 0 Å². The van der Waals surface area contributed by atoms with Crippen LogP contribution in [0.25, 0.3) is 0 Å². The van der Waals surface area contributed by atoms with E-state index in [0.717, 1.165) is 48.4 Å². The van der Waals surface area contributed by atoms with Gasteiger partial charge < -0.3 is 22.1 Å². The molecule has 2 saturated carbocycles. The highest BCUT2D eigenvalue weighted by atomic mass is 16.2. The molecule has 8 heteroatoms. The molecular weight excluding hydrogens is 476 g/mol. The van der Waals surface area contributed by atoms with E-state index in [0.29, 0.717) is 22.2 Å². The molecule has 0 unspecified atom stereocenters. The van der Waals surface area contributed by atoms with Gasteiger partial charge in [0, 0.05) is 13.1 Å². The van der Waals surface area contributed by atoms with E-state index in [1.54, 1.807) is 0 Å². The molecule has 2 amide bonds. The molecule has 6 N–H and O–H groups in total. The van der Waals surface area contributed by atoms with Crippen LogP contribution in [0, 0.1) is 24.7 Å². The van der Waals surface area contributed by atoms with E-state index in [1.165, 1.54) is 25.7 Å². The lowest BCUT2D eigenvalue weighted by molar-refractivity contribution is -0.120. The van der Waals surface area contributed by atoms with E-state index in [4.69, 9.17) is 11.5 Å². The van der Waals surface area contributed by atoms with Crippen molar-refractivity contribution in [3.8, 4) is 0 Å². The van der Waals surface area contributed by atoms with E-state index < -0.39 is 0 Å². The van der Waals surface area contributed by atoms with Crippen molar-refractivity contribution in [3.05, 3.63) is 47.5 Å². The number of amides is 2. The second-order valence-electron chi connectivity index (χ2n) is 12.4. The molecule has 0 aromatic heterocycles. The molecule has 6 rings (SSSR count). The summed E-state index contributed by atoms with van der Waals surface area (Å²) in [7, 11) is 4.08. The van der Waals surface area contributed by atoms with Gasteiger partial charge in [0.1, 0.15) is 0 Å². The number of likely N-dealkylation sites (N-methyl/N-ethyl adjacent to an activating group) is 2. The fraction of sp³-hybridized carbons (Fsp3) is 0.533. The highest BCUT2D eigenvalue weighted by Gasteiger charge is 2.53. The number of benzene rings is 2. The Morgan fingerprint density at radius 3 is 1.68 bits per heavy atom. The van der Waals surface area contributed by atoms with Crippen molar-refractivity contribution in [2.45, 2.75) is 64.5 Å². The average Bonchev–Trinajstić information content (AvgIpc) is 3.73. The van der Waals surface area contributed by atoms with Gasteiger partial charge in [0.2, 0.25) is 11.8 Å². The van der Waals surface area contributed by atoms with Gasteiger partial charge in [-0.1, -0.05) is 12.1 Å². The van der Waals surface area contributed by atoms with Crippen molar-refractivity contribution >= 4 is 34.6 Å². The summed E-state index contributed by atoms with van der Waals surface area (Å²) in [4.78, 5) is 29.1. The van der Waals surface area contributed by atoms with Crippen molar-refractivity contribution in [1.29, 1.82) is 0 Å². The summed E-state index contributed by atoms with van der Waals surface area (Å²) in [5.41, 5.74) is 17.6. The lowest BCUT2D eigenvalue weighted by Gasteiger charge is -2.19. The Hall–Kier alpha value is -3.10. The number of nitrogens with one attached hydrogen (secondary N) is 2. The number of aryl methyl sites for hydroxylation is 2. The molecule has 8 nitrogen and oxygen atoms in total. The summed E-state index contributed by atoms with van der Waals surface area (Å²) < 4.78 is 0. The molecule has 2 atom stereocenters. The maximum absolute atomic E-state index is 12.4. The quantitative estimate of drug-likeness (QED) is 0.455. The number of nitrogen functional groups attached to an aromatic ring is 2. The maximum atomic E-state index is 12.4. The lowest BCUT2D eigenvalue weighted by atomic mass is 10.0. The van der Waals surface area contributed by atoms with Crippen LogP contribution in [-0.4, -0.2) is 60.9 Å². The van der Waals surface area contributed by atoms with Crippen molar-refractivity contribution < 1.29 is 9.59 Å². The van der Waals surface area contributed by atoms with Gasteiger partial charge in [-0.3, -0.25) is 19.4 Å². The van der Waals surface area contributed by atoms with Crippen LogP contribution in [0.5, 0.6) is 0 Å². The van der Waals surface area contributed by atoms with Crippen molar-refractivity contribution in [2.24, 2.45) is 10.8 Å². The Labute approximate surface area is 226 Å². The summed E-state index contributed by atoms with van der Waals surface area (Å²) in [6, 6.07) is 11.4. The predicted octanol–water partition coefficient (Wildman–Crippen LogP) is 4.00. The van der Waals surface area contributed by atoms with Gasteiger partial charge in [0.25, 0.3) is 0 Å². The third kappa shape index (κ3) is 5.66. The summed E-state index contributed by atoms with van der Waals surface area (Å²) in [6.07, 6.45) is 7.06. The number of rotatable bonds is 4. The van der Waals surface area contributed by atoms with Crippen LogP contribution in [0.1, 0.15) is 49.7 Å². The number of hydrogen-bond acceptors (Lipinski definition) is 6. The van der Waals surface area contributed by atoms with Gasteiger partial charge in [-0.2, -0.15) is 0 Å². The normalized spacial score (nSPS) is 24.6. The first-order valence-corrected chi connectivity index (χ1v) is 13.7. The molecule has 4 aliphatic rings. The molecule has 2 spiro atoms. The molecule has 2 aromatic rings. The summed E-state index contributed by atoms with van der Waals surface area (Å²) in [5, 5.41) is 5.95. The Morgan fingerprint density at radius 2 is 1.21 bits per heavy atom. The zero-order valence-electron chi connectivity index (χ0n) is 23.1. The zero-order valence-corrected chi connectivity index (χ0v) is 23.1. The van der Waals surface area contributed by atoms with E-state index >= 15 is 0 Å². The molecule has 38 heavy (non-hydrogen) atoms. The van der Waals surface area contributed by atoms with Crippen molar-refractivity contribution in [1.82, 2.24) is 9.80 Å². The highest BCUT2D eigenvalue weighted by molar-refractivity contribution is 5.98. The first-order chi connectivity index (χ1) is 18.0. The van der Waals surface area contributed by atoms with Crippen LogP contribution < -0.4 is 22.1 Å². The molecule has 2 aliphatic heterocycles. The monoisotopic (exact) mass is 518 g/mol. The minimum atomic E-state index is -0.0117. The minimum Gasteiger partial charge on any atom is -0.397 e. The Balaban J connectivity index is 0.000000155. The maximum Gasteiger partial charge on any atom is 0.241 e. The first-order valence-electron chi connectivity index (χ1n) is 13.7. The molecule has 2 heterocycles. The minimum absolute atomic E-state index is 0.0109. The molecule has 204 valence electrons. The smallest absolute Gasteiger partial charge is 0.241 e. The fourth-order valence-electron chi connectivity index (χ4n) is 6.21. The molecule has 0 radical (unpaired) electrons. The molecule has 4 fully saturated rings. The SMILES string of the molecule is Cc1ccc(N)c(NC(=O)[C@@H]2CC3(CC3)CN2C)c1.Cc1ccc(NC(=O)[C@@H]2CC3(CC3)CN2C)c(N)c1.